The lowest BCUT2D eigenvalue weighted by Crippen LogP contribution is -2.42. The van der Waals surface area contributed by atoms with Crippen molar-refractivity contribution in [3.05, 3.63) is 0 Å². The molecule has 3 nitrogen and oxygen atoms in total. The van der Waals surface area contributed by atoms with Gasteiger partial charge >= 0.3 is 0 Å². The zero-order valence-electron chi connectivity index (χ0n) is 11.7. The van der Waals surface area contributed by atoms with Crippen molar-refractivity contribution >= 4 is 0 Å². The third-order valence-electron chi connectivity index (χ3n) is 2.99. The highest BCUT2D eigenvalue weighted by Crippen LogP contribution is 2.10. The molecule has 0 aliphatic carbocycles. The summed E-state index contributed by atoms with van der Waals surface area (Å²) < 4.78 is 0. The van der Waals surface area contributed by atoms with Crippen LogP contribution < -0.4 is 5.32 Å². The zero-order chi connectivity index (χ0) is 13.0. The van der Waals surface area contributed by atoms with E-state index in [4.69, 9.17) is 10.2 Å². The average molecular weight is 245 g/mol. The molecule has 0 aliphatic heterocycles. The van der Waals surface area contributed by atoms with Gasteiger partial charge in [0.1, 0.15) is 0 Å². The largest absolute Gasteiger partial charge is 0.354 e. The van der Waals surface area contributed by atoms with E-state index in [1.807, 2.05) is 0 Å². The summed E-state index contributed by atoms with van der Waals surface area (Å²) in [6.45, 7) is 4.28. The molecule has 0 spiro atoms. The summed E-state index contributed by atoms with van der Waals surface area (Å²) in [5, 5.41) is 20.7. The van der Waals surface area contributed by atoms with Crippen molar-refractivity contribution in [2.75, 3.05) is 6.54 Å². The van der Waals surface area contributed by atoms with Crippen LogP contribution in [0.3, 0.4) is 0 Å². The molecule has 0 aromatic heterocycles. The van der Waals surface area contributed by atoms with Gasteiger partial charge in [0, 0.05) is 13.5 Å². The van der Waals surface area contributed by atoms with Crippen molar-refractivity contribution < 1.29 is 10.2 Å². The van der Waals surface area contributed by atoms with E-state index in [0.29, 0.717) is 6.54 Å². The Morgan fingerprint density at radius 3 is 1.59 bits per heavy atom. The first-order valence-corrected chi connectivity index (χ1v) is 7.26. The van der Waals surface area contributed by atoms with Gasteiger partial charge in [0.2, 0.25) is 5.91 Å². The van der Waals surface area contributed by atoms with Crippen molar-refractivity contribution in [3.8, 4) is 0 Å². The van der Waals surface area contributed by atoms with Crippen LogP contribution in [0.2, 0.25) is 0 Å². The van der Waals surface area contributed by atoms with E-state index in [0.717, 1.165) is 6.42 Å². The van der Waals surface area contributed by atoms with Crippen LogP contribution in [0.25, 0.3) is 0 Å². The molecule has 0 saturated heterocycles. The molecule has 3 N–H and O–H groups in total. The van der Waals surface area contributed by atoms with E-state index in [1.54, 1.807) is 0 Å². The number of hydrogen-bond acceptors (Lipinski definition) is 3. The summed E-state index contributed by atoms with van der Waals surface area (Å²) in [6, 6.07) is 0. The van der Waals surface area contributed by atoms with Crippen LogP contribution in [-0.2, 0) is 0 Å². The van der Waals surface area contributed by atoms with Crippen molar-refractivity contribution in [3.63, 3.8) is 0 Å². The highest BCUT2D eigenvalue weighted by molar-refractivity contribution is 4.54. The Hall–Kier alpha value is -0.120. The summed E-state index contributed by atoms with van der Waals surface area (Å²) in [7, 11) is 0. The summed E-state index contributed by atoms with van der Waals surface area (Å²) in [5.74, 6) is -1.71. The Labute approximate surface area is 107 Å². The molecule has 0 saturated carbocycles. The average Bonchev–Trinajstić information content (AvgIpc) is 2.24. The molecular weight excluding hydrogens is 214 g/mol. The molecule has 0 unspecified atom stereocenters. The molecule has 0 rings (SSSR count). The predicted molar refractivity (Wildman–Crippen MR) is 72.7 cm³/mol. The van der Waals surface area contributed by atoms with E-state index >= 15 is 0 Å². The van der Waals surface area contributed by atoms with Gasteiger partial charge in [-0.3, -0.25) is 5.32 Å². The lowest BCUT2D eigenvalue weighted by molar-refractivity contribution is -0.169. The summed E-state index contributed by atoms with van der Waals surface area (Å²) in [5.41, 5.74) is 0. The topological polar surface area (TPSA) is 52.5 Å². The Bertz CT molecular complexity index is 155. The van der Waals surface area contributed by atoms with E-state index in [-0.39, 0.29) is 0 Å². The predicted octanol–water partition coefficient (Wildman–Crippen LogP) is 3.16. The maximum atomic E-state index is 9.01. The van der Waals surface area contributed by atoms with Gasteiger partial charge < -0.3 is 10.2 Å². The molecule has 104 valence electrons. The molecule has 0 fully saturated rings. The summed E-state index contributed by atoms with van der Waals surface area (Å²) in [6.07, 6.45) is 13.0. The van der Waals surface area contributed by atoms with Gasteiger partial charge in [0.25, 0.3) is 0 Å². The normalized spacial score (nSPS) is 12.0. The highest BCUT2D eigenvalue weighted by Gasteiger charge is 2.11. The third kappa shape index (κ3) is 15.9. The van der Waals surface area contributed by atoms with Crippen molar-refractivity contribution in [2.24, 2.45) is 0 Å². The van der Waals surface area contributed by atoms with Gasteiger partial charge in [-0.2, -0.15) is 0 Å². The smallest absolute Gasteiger partial charge is 0.219 e. The lowest BCUT2D eigenvalue weighted by Gasteiger charge is -2.17. The fourth-order valence-electron chi connectivity index (χ4n) is 1.94. The Kier molecular flexibility index (Phi) is 10.9. The lowest BCUT2D eigenvalue weighted by atomic mass is 10.1. The quantitative estimate of drug-likeness (QED) is 0.366. The van der Waals surface area contributed by atoms with Crippen molar-refractivity contribution in [1.82, 2.24) is 5.32 Å². The van der Waals surface area contributed by atoms with Gasteiger partial charge in [-0.15, -0.1) is 0 Å². The van der Waals surface area contributed by atoms with E-state index in [2.05, 4.69) is 12.2 Å². The Morgan fingerprint density at radius 2 is 1.18 bits per heavy atom. The molecule has 0 amide bonds. The highest BCUT2D eigenvalue weighted by atomic mass is 16.5. The zero-order valence-corrected chi connectivity index (χ0v) is 11.7. The van der Waals surface area contributed by atoms with E-state index in [1.165, 1.54) is 64.7 Å². The van der Waals surface area contributed by atoms with Gasteiger partial charge in [0.15, 0.2) is 0 Å². The molecular formula is C14H31NO2. The van der Waals surface area contributed by atoms with Crippen molar-refractivity contribution in [2.45, 2.75) is 84.0 Å². The van der Waals surface area contributed by atoms with Gasteiger partial charge in [-0.1, -0.05) is 64.7 Å². The monoisotopic (exact) mass is 245 g/mol. The number of aliphatic hydroxyl groups is 2. The van der Waals surface area contributed by atoms with Crippen LogP contribution in [0.1, 0.15) is 78.1 Å². The van der Waals surface area contributed by atoms with Gasteiger partial charge in [0.05, 0.1) is 0 Å². The molecule has 0 atom stereocenters. The summed E-state index contributed by atoms with van der Waals surface area (Å²) >= 11 is 0. The first-order chi connectivity index (χ1) is 8.06. The van der Waals surface area contributed by atoms with Crippen LogP contribution in [0.15, 0.2) is 0 Å². The first-order valence-electron chi connectivity index (χ1n) is 7.26. The number of hydrogen-bond donors (Lipinski definition) is 3. The Morgan fingerprint density at radius 1 is 0.765 bits per heavy atom. The first kappa shape index (κ1) is 16.9. The second kappa shape index (κ2) is 11.0. The minimum atomic E-state index is -1.71. The SMILES string of the molecule is CCCCCCCCCCCCNC(C)(O)O. The van der Waals surface area contributed by atoms with Crippen LogP contribution in [0, 0.1) is 0 Å². The van der Waals surface area contributed by atoms with E-state index < -0.39 is 5.91 Å². The fourth-order valence-corrected chi connectivity index (χ4v) is 1.94. The maximum Gasteiger partial charge on any atom is 0.219 e. The van der Waals surface area contributed by atoms with Crippen LogP contribution in [0.4, 0.5) is 0 Å². The van der Waals surface area contributed by atoms with Gasteiger partial charge in [-0.05, 0) is 6.42 Å². The Balaban J connectivity index is 2.99. The third-order valence-corrected chi connectivity index (χ3v) is 2.99. The van der Waals surface area contributed by atoms with E-state index in [9.17, 15) is 0 Å². The van der Waals surface area contributed by atoms with Crippen molar-refractivity contribution in [1.29, 1.82) is 0 Å². The molecule has 17 heavy (non-hydrogen) atoms. The molecule has 0 aliphatic rings. The standard InChI is InChI=1S/C14H31NO2/c1-3-4-5-6-7-8-9-10-11-12-13-15-14(2,16)17/h15-17H,3-13H2,1-2H3. The van der Waals surface area contributed by atoms with Crippen LogP contribution >= 0.6 is 0 Å². The van der Waals surface area contributed by atoms with Crippen LogP contribution in [0.5, 0.6) is 0 Å². The van der Waals surface area contributed by atoms with Gasteiger partial charge in [-0.25, -0.2) is 0 Å². The molecule has 0 bridgehead atoms. The molecule has 0 aromatic carbocycles. The molecule has 3 heteroatoms. The molecule has 0 aromatic rings. The minimum Gasteiger partial charge on any atom is -0.354 e. The fraction of sp³-hybridized carbons (Fsp3) is 1.00. The second-order valence-corrected chi connectivity index (χ2v) is 5.13. The number of nitrogens with one attached hydrogen (secondary N) is 1. The number of rotatable bonds is 12. The molecule has 0 heterocycles. The second-order valence-electron chi connectivity index (χ2n) is 5.13. The maximum absolute atomic E-state index is 9.01. The van der Waals surface area contributed by atoms with Crippen LogP contribution in [-0.4, -0.2) is 22.7 Å². The minimum absolute atomic E-state index is 0.681. The molecule has 0 radical (unpaired) electrons. The number of unbranched alkanes of at least 4 members (excludes halogenated alkanes) is 9. The summed E-state index contributed by atoms with van der Waals surface area (Å²) in [4.78, 5) is 0.